The fraction of sp³-hybridized carbons (Fsp3) is 0.571. The molecule has 5 nitrogen and oxygen atoms in total. The van der Waals surface area contributed by atoms with E-state index in [-0.39, 0.29) is 0 Å². The van der Waals surface area contributed by atoms with Crippen LogP contribution in [-0.2, 0) is 11.2 Å². The number of aliphatic hydroxyl groups excluding tert-OH is 4. The number of aryl methyl sites for hydroxylation is 1. The molecule has 7 heteroatoms. The van der Waals surface area contributed by atoms with Crippen molar-refractivity contribution in [3.05, 3.63) is 35.9 Å². The Morgan fingerprint density at radius 1 is 1.00 bits per heavy atom. The maximum Gasteiger partial charge on any atom is 0.142 e. The summed E-state index contributed by atoms with van der Waals surface area (Å²) in [7, 11) is 2.84. The van der Waals surface area contributed by atoms with Gasteiger partial charge in [-0.3, -0.25) is 0 Å². The van der Waals surface area contributed by atoms with Gasteiger partial charge in [-0.25, -0.2) is 0 Å². The summed E-state index contributed by atoms with van der Waals surface area (Å²) >= 11 is 0. The van der Waals surface area contributed by atoms with Crippen molar-refractivity contribution >= 4 is 21.6 Å². The number of hydrogen-bond donors (Lipinski definition) is 4. The van der Waals surface area contributed by atoms with Crippen LogP contribution in [-0.4, -0.2) is 62.6 Å². The second-order valence-electron chi connectivity index (χ2n) is 4.85. The van der Waals surface area contributed by atoms with Gasteiger partial charge in [-0.15, -0.1) is 0 Å². The molecule has 1 aliphatic rings. The SMILES string of the molecule is OC[C@H]1O[C@@H](SSCCc2ccccc2)[C@H](O)[C@@H](O)[C@H]1O. The smallest absolute Gasteiger partial charge is 0.142 e. The van der Waals surface area contributed by atoms with Gasteiger partial charge in [0.05, 0.1) is 6.61 Å². The lowest BCUT2D eigenvalue weighted by molar-refractivity contribution is -0.205. The van der Waals surface area contributed by atoms with Crippen molar-refractivity contribution in [3.8, 4) is 0 Å². The van der Waals surface area contributed by atoms with Crippen LogP contribution < -0.4 is 0 Å². The average molecular weight is 332 g/mol. The summed E-state index contributed by atoms with van der Waals surface area (Å²) in [5, 5.41) is 38.4. The van der Waals surface area contributed by atoms with Crippen LogP contribution in [0.4, 0.5) is 0 Å². The third-order valence-corrected chi connectivity index (χ3v) is 5.89. The number of aliphatic hydroxyl groups is 4. The molecular formula is C14H20O5S2. The van der Waals surface area contributed by atoms with E-state index in [0.717, 1.165) is 12.2 Å². The summed E-state index contributed by atoms with van der Waals surface area (Å²) in [6.07, 6.45) is -3.71. The van der Waals surface area contributed by atoms with Crippen LogP contribution in [0.25, 0.3) is 0 Å². The topological polar surface area (TPSA) is 90.2 Å². The van der Waals surface area contributed by atoms with E-state index >= 15 is 0 Å². The van der Waals surface area contributed by atoms with Crippen molar-refractivity contribution < 1.29 is 25.2 Å². The average Bonchev–Trinajstić information content (AvgIpc) is 2.52. The van der Waals surface area contributed by atoms with Gasteiger partial charge in [-0.2, -0.15) is 0 Å². The van der Waals surface area contributed by atoms with Gasteiger partial charge in [0.25, 0.3) is 0 Å². The standard InChI is InChI=1S/C14H20O5S2/c15-8-10-11(16)12(17)13(18)14(19-10)21-20-7-6-9-4-2-1-3-5-9/h1-5,10-18H,6-8H2/t10-,11+,12+,13-,14+/m1/s1. The van der Waals surface area contributed by atoms with Crippen LogP contribution in [0.2, 0.25) is 0 Å². The molecule has 0 radical (unpaired) electrons. The Kier molecular flexibility index (Phi) is 6.81. The second kappa shape index (κ2) is 8.38. The summed E-state index contributed by atoms with van der Waals surface area (Å²) in [6, 6.07) is 10.1. The highest BCUT2D eigenvalue weighted by molar-refractivity contribution is 8.76. The van der Waals surface area contributed by atoms with Crippen LogP contribution in [0.5, 0.6) is 0 Å². The molecule has 1 aliphatic heterocycles. The molecule has 0 aliphatic carbocycles. The molecule has 1 fully saturated rings. The zero-order valence-electron chi connectivity index (χ0n) is 11.4. The third kappa shape index (κ3) is 4.59. The monoisotopic (exact) mass is 332 g/mol. The van der Waals surface area contributed by atoms with Crippen molar-refractivity contribution in [1.82, 2.24) is 0 Å². The molecule has 21 heavy (non-hydrogen) atoms. The predicted molar refractivity (Wildman–Crippen MR) is 84.0 cm³/mol. The Morgan fingerprint density at radius 2 is 1.71 bits per heavy atom. The molecule has 2 rings (SSSR count). The number of hydrogen-bond acceptors (Lipinski definition) is 7. The molecule has 0 bridgehead atoms. The Hall–Kier alpha value is -0.280. The molecule has 0 unspecified atom stereocenters. The summed E-state index contributed by atoms with van der Waals surface area (Å²) in [5.41, 5.74) is 0.570. The Labute approximate surface area is 131 Å². The maximum atomic E-state index is 9.89. The predicted octanol–water partition coefficient (Wildman–Crippen LogP) is 0.410. The molecule has 118 valence electrons. The van der Waals surface area contributed by atoms with Crippen molar-refractivity contribution in [2.75, 3.05) is 12.4 Å². The van der Waals surface area contributed by atoms with E-state index in [4.69, 9.17) is 9.84 Å². The molecule has 0 aromatic heterocycles. The van der Waals surface area contributed by atoms with Crippen molar-refractivity contribution in [2.45, 2.75) is 36.3 Å². The molecule has 0 spiro atoms. The van der Waals surface area contributed by atoms with E-state index < -0.39 is 36.5 Å². The normalized spacial score (nSPS) is 33.0. The number of benzene rings is 1. The molecule has 1 saturated heterocycles. The Bertz CT molecular complexity index is 417. The lowest BCUT2D eigenvalue weighted by atomic mass is 10.0. The zero-order chi connectivity index (χ0) is 15.2. The molecule has 1 aromatic rings. The number of rotatable bonds is 6. The molecule has 0 saturated carbocycles. The quantitative estimate of drug-likeness (QED) is 0.443. The van der Waals surface area contributed by atoms with E-state index in [1.165, 1.54) is 27.2 Å². The maximum absolute atomic E-state index is 9.89. The zero-order valence-corrected chi connectivity index (χ0v) is 13.0. The highest BCUT2D eigenvalue weighted by Gasteiger charge is 2.43. The first-order valence-electron chi connectivity index (χ1n) is 6.76. The largest absolute Gasteiger partial charge is 0.394 e. The summed E-state index contributed by atoms with van der Waals surface area (Å²) < 4.78 is 5.41. The van der Waals surface area contributed by atoms with E-state index in [1.54, 1.807) is 0 Å². The van der Waals surface area contributed by atoms with Crippen molar-refractivity contribution in [3.63, 3.8) is 0 Å². The minimum Gasteiger partial charge on any atom is -0.394 e. The van der Waals surface area contributed by atoms with Gasteiger partial charge < -0.3 is 25.2 Å². The molecule has 4 N–H and O–H groups in total. The minimum absolute atomic E-state index is 0.392. The van der Waals surface area contributed by atoms with Crippen LogP contribution in [0.1, 0.15) is 5.56 Å². The summed E-state index contributed by atoms with van der Waals surface area (Å²) in [6.45, 7) is -0.392. The number of ether oxygens (including phenoxy) is 1. The summed E-state index contributed by atoms with van der Waals surface area (Å²) in [5.74, 6) is 0.837. The highest BCUT2D eigenvalue weighted by atomic mass is 33.1. The van der Waals surface area contributed by atoms with Crippen LogP contribution in [0, 0.1) is 0 Å². The Morgan fingerprint density at radius 3 is 2.38 bits per heavy atom. The first kappa shape index (κ1) is 17.1. The summed E-state index contributed by atoms with van der Waals surface area (Å²) in [4.78, 5) is 0. The Balaban J connectivity index is 1.77. The molecule has 1 aromatic carbocycles. The van der Waals surface area contributed by atoms with Crippen LogP contribution in [0.15, 0.2) is 30.3 Å². The van der Waals surface area contributed by atoms with E-state index in [1.807, 2.05) is 18.2 Å². The van der Waals surface area contributed by atoms with Gasteiger partial charge in [0, 0.05) is 5.75 Å². The van der Waals surface area contributed by atoms with Gasteiger partial charge in [0.1, 0.15) is 29.9 Å². The van der Waals surface area contributed by atoms with Crippen molar-refractivity contribution in [1.29, 1.82) is 0 Å². The fourth-order valence-corrected chi connectivity index (χ4v) is 4.50. The van der Waals surface area contributed by atoms with Gasteiger partial charge in [-0.1, -0.05) is 51.9 Å². The highest BCUT2D eigenvalue weighted by Crippen LogP contribution is 2.35. The first-order valence-corrected chi connectivity index (χ1v) is 9.14. The molecular weight excluding hydrogens is 312 g/mol. The lowest BCUT2D eigenvalue weighted by Crippen LogP contribution is -2.57. The molecule has 5 atom stereocenters. The fourth-order valence-electron chi connectivity index (χ4n) is 2.07. The van der Waals surface area contributed by atoms with Gasteiger partial charge in [-0.05, 0) is 12.0 Å². The van der Waals surface area contributed by atoms with Gasteiger partial charge >= 0.3 is 0 Å². The van der Waals surface area contributed by atoms with Gasteiger partial charge in [0.2, 0.25) is 0 Å². The first-order chi connectivity index (χ1) is 10.1. The van der Waals surface area contributed by atoms with E-state index in [9.17, 15) is 15.3 Å². The molecule has 1 heterocycles. The van der Waals surface area contributed by atoms with Crippen LogP contribution >= 0.6 is 21.6 Å². The third-order valence-electron chi connectivity index (χ3n) is 3.33. The molecule has 0 amide bonds. The minimum atomic E-state index is -1.30. The second-order valence-corrected chi connectivity index (χ2v) is 7.44. The van der Waals surface area contributed by atoms with E-state index in [0.29, 0.717) is 0 Å². The lowest BCUT2D eigenvalue weighted by Gasteiger charge is -2.39. The van der Waals surface area contributed by atoms with Crippen LogP contribution in [0.3, 0.4) is 0 Å². The van der Waals surface area contributed by atoms with E-state index in [2.05, 4.69) is 12.1 Å². The van der Waals surface area contributed by atoms with Gasteiger partial charge in [0.15, 0.2) is 0 Å². The van der Waals surface area contributed by atoms with Crippen molar-refractivity contribution in [2.24, 2.45) is 0 Å².